The molecule has 0 aromatic heterocycles. The molecule has 2 fully saturated rings. The van der Waals surface area contributed by atoms with Crippen molar-refractivity contribution in [1.29, 1.82) is 0 Å². The summed E-state index contributed by atoms with van der Waals surface area (Å²) in [6.07, 6.45) is 5.92. The Hall–Kier alpha value is -2.58. The predicted octanol–water partition coefficient (Wildman–Crippen LogP) is 9.51. The van der Waals surface area contributed by atoms with Gasteiger partial charge in [-0.05, 0) is 69.1 Å². The summed E-state index contributed by atoms with van der Waals surface area (Å²) in [6, 6.07) is 28.3. The first-order valence-electron chi connectivity index (χ1n) is 13.9. The first kappa shape index (κ1) is 27.6. The molecule has 7 heteroatoms. The van der Waals surface area contributed by atoms with Gasteiger partial charge in [-0.2, -0.15) is 0 Å². The van der Waals surface area contributed by atoms with Gasteiger partial charge in [0.15, 0.2) is 0 Å². The molecule has 1 saturated heterocycles. The summed E-state index contributed by atoms with van der Waals surface area (Å²) >= 11 is 0. The third-order valence-corrected chi connectivity index (χ3v) is 14.8. The molecule has 1 nitrogen and oxygen atoms in total. The maximum absolute atomic E-state index is 15.7. The molecule has 6 rings (SSSR count). The number of benzene rings is 4. The van der Waals surface area contributed by atoms with Gasteiger partial charge in [0.05, 0.1) is 0 Å². The van der Waals surface area contributed by atoms with Gasteiger partial charge in [-0.3, -0.25) is 0 Å². The van der Waals surface area contributed by atoms with Crippen LogP contribution in [0.25, 0.3) is 0 Å². The Balaban J connectivity index is 1.59. The molecule has 0 radical (unpaired) electrons. The van der Waals surface area contributed by atoms with Crippen molar-refractivity contribution in [1.82, 2.24) is 4.44 Å². The van der Waals surface area contributed by atoms with Crippen molar-refractivity contribution in [2.45, 2.75) is 55.9 Å². The van der Waals surface area contributed by atoms with Crippen molar-refractivity contribution in [2.75, 3.05) is 0 Å². The molecule has 1 heterocycles. The monoisotopic (exact) mass is 579 g/mol. The number of rotatable bonds is 7. The van der Waals surface area contributed by atoms with Crippen molar-refractivity contribution in [3.63, 3.8) is 0 Å². The molecule has 2 aliphatic rings. The van der Waals surface area contributed by atoms with E-state index < -0.39 is 39.4 Å². The Labute approximate surface area is 235 Å². The van der Waals surface area contributed by atoms with E-state index in [0.29, 0.717) is 10.6 Å². The highest BCUT2D eigenvalue weighted by Gasteiger charge is 2.48. The minimum Gasteiger partial charge on any atom is -0.248 e. The van der Waals surface area contributed by atoms with E-state index in [4.69, 9.17) is 0 Å². The third kappa shape index (κ3) is 5.49. The Morgan fingerprint density at radius 3 is 1.45 bits per heavy atom. The summed E-state index contributed by atoms with van der Waals surface area (Å²) in [7, 11) is -2.74. The van der Waals surface area contributed by atoms with Crippen LogP contribution in [0.15, 0.2) is 97.1 Å². The zero-order valence-electron chi connectivity index (χ0n) is 22.1. The van der Waals surface area contributed by atoms with E-state index in [1.54, 1.807) is 0 Å². The van der Waals surface area contributed by atoms with E-state index in [0.717, 1.165) is 50.7 Å². The maximum Gasteiger partial charge on any atom is 0.135 e. The van der Waals surface area contributed by atoms with Crippen LogP contribution in [0.2, 0.25) is 0 Å². The molecule has 2 atom stereocenters. The molecule has 0 N–H and O–H groups in total. The summed E-state index contributed by atoms with van der Waals surface area (Å²) in [5.74, 6) is -2.70. The Bertz CT molecular complexity index is 1350. The molecule has 1 saturated carbocycles. The molecule has 40 heavy (non-hydrogen) atoms. The Morgan fingerprint density at radius 2 is 1.02 bits per heavy atom. The van der Waals surface area contributed by atoms with Crippen molar-refractivity contribution < 1.29 is 17.6 Å². The quantitative estimate of drug-likeness (QED) is 0.156. The van der Waals surface area contributed by atoms with Crippen molar-refractivity contribution in [3.8, 4) is 0 Å². The molecule has 206 valence electrons. The lowest BCUT2D eigenvalue weighted by atomic mass is 10.0. The second kappa shape index (κ2) is 12.1. The van der Waals surface area contributed by atoms with Gasteiger partial charge in [-0.15, -0.1) is 0 Å². The zero-order valence-corrected chi connectivity index (χ0v) is 23.9. The largest absolute Gasteiger partial charge is 0.248 e. The van der Waals surface area contributed by atoms with Gasteiger partial charge >= 0.3 is 0 Å². The highest BCUT2D eigenvalue weighted by Crippen LogP contribution is 2.77. The fourth-order valence-electron chi connectivity index (χ4n) is 6.32. The van der Waals surface area contributed by atoms with Gasteiger partial charge in [0, 0.05) is 48.2 Å². The standard InChI is InChI=1S/C33H31F4NP2/c34-25-15-17-32(28(36)21-25)40(33-18-16-26(35)22-29(33)37)38(27-13-7-8-14-27)39-30(23-9-3-1-4-10-23)19-20-31(39)24-11-5-2-6-12-24/h1-6,9-12,15-18,21-22,27,30-31H,7-8,13-14,19-20H2/t30-,31-/m0/s1. The summed E-state index contributed by atoms with van der Waals surface area (Å²) in [6.45, 7) is 0. The number of nitrogens with zero attached hydrogens (tertiary/aromatic N) is 1. The van der Waals surface area contributed by atoms with Gasteiger partial charge in [0.1, 0.15) is 23.3 Å². The first-order chi connectivity index (χ1) is 19.5. The minimum absolute atomic E-state index is 0.127. The molecule has 4 aromatic carbocycles. The Morgan fingerprint density at radius 1 is 0.575 bits per heavy atom. The van der Waals surface area contributed by atoms with Gasteiger partial charge in [-0.1, -0.05) is 73.5 Å². The van der Waals surface area contributed by atoms with E-state index in [1.165, 1.54) is 35.4 Å². The second-order valence-electron chi connectivity index (χ2n) is 10.6. The minimum atomic E-state index is -1.76. The average molecular weight is 580 g/mol. The molecule has 4 aromatic rings. The van der Waals surface area contributed by atoms with Gasteiger partial charge in [-0.25, -0.2) is 22.0 Å². The van der Waals surface area contributed by atoms with Gasteiger partial charge in [0.25, 0.3) is 0 Å². The molecule has 0 unspecified atom stereocenters. The average Bonchev–Trinajstić information content (AvgIpc) is 3.65. The summed E-state index contributed by atoms with van der Waals surface area (Å²) in [5.41, 5.74) is 2.89. The molecule has 1 aliphatic heterocycles. The fourth-order valence-corrected chi connectivity index (χ4v) is 14.1. The molecular weight excluding hydrogens is 548 g/mol. The lowest BCUT2D eigenvalue weighted by Gasteiger charge is -2.46. The van der Waals surface area contributed by atoms with Crippen LogP contribution in [0.5, 0.6) is 0 Å². The summed E-state index contributed by atoms with van der Waals surface area (Å²) in [5, 5.41) is 0.587. The van der Waals surface area contributed by atoms with Crippen molar-refractivity contribution >= 4 is 26.8 Å². The smallest absolute Gasteiger partial charge is 0.135 e. The lowest BCUT2D eigenvalue weighted by molar-refractivity contribution is 0.498. The topological polar surface area (TPSA) is 3.24 Å². The van der Waals surface area contributed by atoms with E-state index in [1.807, 2.05) is 12.1 Å². The van der Waals surface area contributed by atoms with Crippen LogP contribution < -0.4 is 10.6 Å². The van der Waals surface area contributed by atoms with Gasteiger partial charge < -0.3 is 0 Å². The Kier molecular flexibility index (Phi) is 8.35. The highest BCUT2D eigenvalue weighted by molar-refractivity contribution is 7.79. The number of hydrogen-bond donors (Lipinski definition) is 0. The first-order valence-corrected chi connectivity index (χ1v) is 16.6. The van der Waals surface area contributed by atoms with Crippen LogP contribution in [-0.2, 0) is 0 Å². The van der Waals surface area contributed by atoms with E-state index >= 15 is 8.78 Å². The lowest BCUT2D eigenvalue weighted by Crippen LogP contribution is -2.35. The van der Waals surface area contributed by atoms with Crippen LogP contribution in [-0.4, -0.2) is 10.5 Å². The maximum atomic E-state index is 15.7. The predicted molar refractivity (Wildman–Crippen MR) is 158 cm³/mol. The SMILES string of the molecule is Fc1ccc(P(c2ccc(F)cc2F)N(C2CCCC2)P2[C@H](c3ccccc3)CC[C@H]2c2ccccc2)c(F)c1. The van der Waals surface area contributed by atoms with E-state index in [9.17, 15) is 8.78 Å². The zero-order chi connectivity index (χ0) is 27.6. The summed E-state index contributed by atoms with van der Waals surface area (Å²) < 4.78 is 62.2. The molecule has 1 aliphatic carbocycles. The van der Waals surface area contributed by atoms with Crippen LogP contribution in [0.3, 0.4) is 0 Å². The third-order valence-electron chi connectivity index (χ3n) is 8.09. The van der Waals surface area contributed by atoms with Crippen molar-refractivity contribution in [2.24, 2.45) is 0 Å². The van der Waals surface area contributed by atoms with E-state index in [2.05, 4.69) is 53.0 Å². The van der Waals surface area contributed by atoms with Crippen LogP contribution in [0, 0.1) is 23.3 Å². The van der Waals surface area contributed by atoms with Crippen LogP contribution in [0.4, 0.5) is 17.6 Å². The van der Waals surface area contributed by atoms with Crippen LogP contribution >= 0.6 is 16.1 Å². The van der Waals surface area contributed by atoms with Crippen LogP contribution in [0.1, 0.15) is 61.0 Å². The molecular formula is C33H31F4NP2. The number of halogens is 4. The molecule has 0 amide bonds. The normalized spacial score (nSPS) is 20.1. The molecule has 0 bridgehead atoms. The highest BCUT2D eigenvalue weighted by atomic mass is 31.2. The van der Waals surface area contributed by atoms with Crippen molar-refractivity contribution in [3.05, 3.63) is 131 Å². The summed E-state index contributed by atoms with van der Waals surface area (Å²) in [4.78, 5) is 0. The molecule has 0 spiro atoms. The van der Waals surface area contributed by atoms with Gasteiger partial charge in [0.2, 0.25) is 0 Å². The number of hydrogen-bond acceptors (Lipinski definition) is 1. The second-order valence-corrected chi connectivity index (χ2v) is 15.3. The van der Waals surface area contributed by atoms with E-state index in [-0.39, 0.29) is 17.4 Å². The fraction of sp³-hybridized carbons (Fsp3) is 0.273.